The van der Waals surface area contributed by atoms with Crippen LogP contribution in [0, 0.1) is 0 Å². The lowest BCUT2D eigenvalue weighted by Gasteiger charge is -2.30. The van der Waals surface area contributed by atoms with Crippen molar-refractivity contribution >= 4 is 63.8 Å². The molecule has 0 saturated carbocycles. The van der Waals surface area contributed by atoms with Crippen LogP contribution in [0.25, 0.3) is 0 Å². The van der Waals surface area contributed by atoms with E-state index in [1.54, 1.807) is 35.7 Å². The maximum Gasteiger partial charge on any atom is 0.325 e. The van der Waals surface area contributed by atoms with E-state index in [1.165, 1.54) is 0 Å². The van der Waals surface area contributed by atoms with Gasteiger partial charge in [0.15, 0.2) is 0 Å². The SMILES string of the molecule is CCOC(=O)CN1C(=S)CSc2cc(Cl)c(Cl)cc21. The van der Waals surface area contributed by atoms with Crippen molar-refractivity contribution < 1.29 is 9.53 Å². The molecule has 7 heteroatoms. The van der Waals surface area contributed by atoms with E-state index in [9.17, 15) is 4.79 Å². The van der Waals surface area contributed by atoms with Gasteiger partial charge in [0.25, 0.3) is 0 Å². The number of hydrogen-bond acceptors (Lipinski definition) is 4. The van der Waals surface area contributed by atoms with Gasteiger partial charge in [0.05, 0.1) is 27.3 Å². The molecular weight excluding hydrogens is 325 g/mol. The highest BCUT2D eigenvalue weighted by molar-refractivity contribution is 8.01. The Morgan fingerprint density at radius 2 is 2.16 bits per heavy atom. The number of nitrogens with zero attached hydrogens (tertiary/aromatic N) is 1. The van der Waals surface area contributed by atoms with Gasteiger partial charge in [0.1, 0.15) is 6.54 Å². The second-order valence-corrected chi connectivity index (χ2v) is 6.11. The van der Waals surface area contributed by atoms with Gasteiger partial charge in [-0.1, -0.05) is 35.4 Å². The smallest absolute Gasteiger partial charge is 0.325 e. The number of carbonyl (C=O) groups is 1. The monoisotopic (exact) mass is 335 g/mol. The van der Waals surface area contributed by atoms with E-state index in [-0.39, 0.29) is 12.5 Å². The van der Waals surface area contributed by atoms with Crippen molar-refractivity contribution in [1.29, 1.82) is 0 Å². The van der Waals surface area contributed by atoms with Gasteiger partial charge in [0, 0.05) is 10.6 Å². The molecule has 0 saturated heterocycles. The Morgan fingerprint density at radius 3 is 2.84 bits per heavy atom. The summed E-state index contributed by atoms with van der Waals surface area (Å²) in [6.07, 6.45) is 0. The second-order valence-electron chi connectivity index (χ2n) is 3.81. The fourth-order valence-electron chi connectivity index (χ4n) is 1.71. The van der Waals surface area contributed by atoms with Gasteiger partial charge in [-0.25, -0.2) is 0 Å². The third kappa shape index (κ3) is 3.34. The zero-order valence-corrected chi connectivity index (χ0v) is 13.3. The lowest BCUT2D eigenvalue weighted by atomic mass is 10.2. The Kier molecular flexibility index (Phi) is 4.95. The van der Waals surface area contributed by atoms with Crippen LogP contribution in [0.2, 0.25) is 10.0 Å². The summed E-state index contributed by atoms with van der Waals surface area (Å²) >= 11 is 18.9. The predicted octanol–water partition coefficient (Wildman–Crippen LogP) is 3.80. The van der Waals surface area contributed by atoms with Crippen LogP contribution in [-0.4, -0.2) is 29.9 Å². The number of rotatable bonds is 3. The standard InChI is InChI=1S/C12H11Cl2NO2S2/c1-2-17-12(16)5-15-9-3-7(13)8(14)4-10(9)19-6-11(15)18/h3-4H,2,5-6H2,1H3. The van der Waals surface area contributed by atoms with Gasteiger partial charge in [-0.2, -0.15) is 0 Å². The molecule has 1 aromatic rings. The van der Waals surface area contributed by atoms with Crippen LogP contribution < -0.4 is 4.90 Å². The quantitative estimate of drug-likeness (QED) is 0.619. The number of fused-ring (bicyclic) bond motifs is 1. The first-order chi connectivity index (χ1) is 9.02. The first-order valence-corrected chi connectivity index (χ1v) is 7.75. The van der Waals surface area contributed by atoms with Gasteiger partial charge in [0.2, 0.25) is 0 Å². The number of thiocarbonyl (C=S) groups is 1. The third-order valence-corrected chi connectivity index (χ3v) is 4.86. The Hall–Kier alpha value is -0.490. The van der Waals surface area contributed by atoms with Crippen LogP contribution >= 0.6 is 47.2 Å². The number of benzene rings is 1. The lowest BCUT2D eigenvalue weighted by Crippen LogP contribution is -2.38. The maximum absolute atomic E-state index is 11.6. The molecule has 102 valence electrons. The molecule has 0 atom stereocenters. The molecule has 1 aliphatic heterocycles. The molecule has 0 bridgehead atoms. The van der Waals surface area contributed by atoms with Gasteiger partial charge in [-0.05, 0) is 19.1 Å². The molecule has 19 heavy (non-hydrogen) atoms. The number of thioether (sulfide) groups is 1. The van der Waals surface area contributed by atoms with Crippen LogP contribution in [0.1, 0.15) is 6.92 Å². The molecule has 3 nitrogen and oxygen atoms in total. The summed E-state index contributed by atoms with van der Waals surface area (Å²) < 4.78 is 4.96. The molecule has 0 N–H and O–H groups in total. The van der Waals surface area contributed by atoms with Gasteiger partial charge >= 0.3 is 5.97 Å². The fourth-order valence-corrected chi connectivity index (χ4v) is 3.38. The number of hydrogen-bond donors (Lipinski definition) is 0. The Bertz CT molecular complexity index is 537. The van der Waals surface area contributed by atoms with Crippen LogP contribution in [0.15, 0.2) is 17.0 Å². The van der Waals surface area contributed by atoms with E-state index < -0.39 is 0 Å². The Balaban J connectivity index is 2.32. The van der Waals surface area contributed by atoms with E-state index in [1.807, 2.05) is 0 Å². The molecule has 0 amide bonds. The number of carbonyl (C=O) groups excluding carboxylic acids is 1. The molecule has 0 radical (unpaired) electrons. The number of ether oxygens (including phenoxy) is 1. The summed E-state index contributed by atoms with van der Waals surface area (Å²) in [6.45, 7) is 2.22. The van der Waals surface area contributed by atoms with E-state index in [0.717, 1.165) is 10.6 Å². The van der Waals surface area contributed by atoms with Crippen LogP contribution in [-0.2, 0) is 9.53 Å². The summed E-state index contributed by atoms with van der Waals surface area (Å²) in [6, 6.07) is 3.53. The van der Waals surface area contributed by atoms with Crippen molar-refractivity contribution in [2.45, 2.75) is 11.8 Å². The van der Waals surface area contributed by atoms with Crippen LogP contribution in [0.4, 0.5) is 5.69 Å². The van der Waals surface area contributed by atoms with Crippen molar-refractivity contribution in [3.8, 4) is 0 Å². The predicted molar refractivity (Wildman–Crippen MR) is 83.8 cm³/mol. The maximum atomic E-state index is 11.6. The third-order valence-electron chi connectivity index (χ3n) is 2.54. The Morgan fingerprint density at radius 1 is 1.47 bits per heavy atom. The zero-order valence-electron chi connectivity index (χ0n) is 10.1. The summed E-state index contributed by atoms with van der Waals surface area (Å²) in [5.74, 6) is 0.327. The van der Waals surface area contributed by atoms with Crippen molar-refractivity contribution in [2.75, 3.05) is 23.8 Å². The first kappa shape index (κ1) is 14.9. The van der Waals surface area contributed by atoms with Crippen molar-refractivity contribution in [3.05, 3.63) is 22.2 Å². The van der Waals surface area contributed by atoms with Crippen molar-refractivity contribution in [2.24, 2.45) is 0 Å². The molecule has 1 aromatic carbocycles. The van der Waals surface area contributed by atoms with E-state index in [2.05, 4.69) is 0 Å². The molecule has 0 unspecified atom stereocenters. The number of anilines is 1. The minimum absolute atomic E-state index is 0.0954. The highest BCUT2D eigenvalue weighted by Gasteiger charge is 2.25. The molecule has 1 heterocycles. The average Bonchev–Trinajstić information content (AvgIpc) is 2.36. The Labute approximate surface area is 131 Å². The molecule has 2 rings (SSSR count). The normalized spacial score (nSPS) is 14.3. The largest absolute Gasteiger partial charge is 0.465 e. The summed E-state index contributed by atoms with van der Waals surface area (Å²) in [4.78, 5) is 15.0. The van der Waals surface area contributed by atoms with E-state index >= 15 is 0 Å². The average molecular weight is 336 g/mol. The van der Waals surface area contributed by atoms with Crippen LogP contribution in [0.5, 0.6) is 0 Å². The molecule has 0 aliphatic carbocycles. The van der Waals surface area contributed by atoms with Gasteiger partial charge in [-0.3, -0.25) is 4.79 Å². The zero-order chi connectivity index (χ0) is 14.0. The summed E-state index contributed by atoms with van der Waals surface area (Å²) in [5, 5.41) is 0.941. The molecule has 0 fully saturated rings. The minimum atomic E-state index is -0.311. The lowest BCUT2D eigenvalue weighted by molar-refractivity contribution is -0.141. The topological polar surface area (TPSA) is 29.5 Å². The van der Waals surface area contributed by atoms with Crippen LogP contribution in [0.3, 0.4) is 0 Å². The highest BCUT2D eigenvalue weighted by Crippen LogP contribution is 2.40. The van der Waals surface area contributed by atoms with Gasteiger partial charge < -0.3 is 9.64 Å². The molecule has 0 aromatic heterocycles. The number of halogens is 2. The molecule has 1 aliphatic rings. The first-order valence-electron chi connectivity index (χ1n) is 5.60. The van der Waals surface area contributed by atoms with E-state index in [0.29, 0.717) is 27.4 Å². The number of esters is 1. The summed E-state index contributed by atoms with van der Waals surface area (Å²) in [5.41, 5.74) is 0.809. The van der Waals surface area contributed by atoms with Crippen molar-refractivity contribution in [3.63, 3.8) is 0 Å². The minimum Gasteiger partial charge on any atom is -0.465 e. The van der Waals surface area contributed by atoms with E-state index in [4.69, 9.17) is 40.2 Å². The summed E-state index contributed by atoms with van der Waals surface area (Å²) in [7, 11) is 0. The van der Waals surface area contributed by atoms with Crippen molar-refractivity contribution in [1.82, 2.24) is 0 Å². The molecular formula is C12H11Cl2NO2S2. The fraction of sp³-hybridized carbons (Fsp3) is 0.333. The van der Waals surface area contributed by atoms with Gasteiger partial charge in [-0.15, -0.1) is 11.8 Å². The highest BCUT2D eigenvalue weighted by atomic mass is 35.5. The molecule has 0 spiro atoms. The second kappa shape index (κ2) is 6.31.